The van der Waals surface area contributed by atoms with Gasteiger partial charge in [-0.05, 0) is 25.2 Å². The molecule has 0 spiro atoms. The molecule has 2 heterocycles. The molecule has 122 valence electrons. The second-order valence-electron chi connectivity index (χ2n) is 7.16. The molecular weight excluding hydrogens is 278 g/mol. The number of anilines is 1. The molecule has 2 aliphatic rings. The molecule has 5 heteroatoms. The summed E-state index contributed by atoms with van der Waals surface area (Å²) < 4.78 is 5.68. The van der Waals surface area contributed by atoms with E-state index in [9.17, 15) is 5.11 Å². The smallest absolute Gasteiger partial charge is 0.234 e. The van der Waals surface area contributed by atoms with E-state index in [0.29, 0.717) is 24.3 Å². The van der Waals surface area contributed by atoms with E-state index in [-0.39, 0.29) is 0 Å². The Hall–Kier alpha value is -1.36. The van der Waals surface area contributed by atoms with E-state index in [2.05, 4.69) is 28.7 Å². The number of rotatable bonds is 4. The van der Waals surface area contributed by atoms with Crippen LogP contribution in [0.2, 0.25) is 0 Å². The van der Waals surface area contributed by atoms with Gasteiger partial charge in [-0.15, -0.1) is 0 Å². The van der Waals surface area contributed by atoms with Crippen LogP contribution < -0.4 is 9.64 Å². The van der Waals surface area contributed by atoms with Crippen molar-refractivity contribution in [3.05, 3.63) is 12.4 Å². The normalized spacial score (nSPS) is 28.5. The summed E-state index contributed by atoms with van der Waals surface area (Å²) in [4.78, 5) is 11.1. The standard InChI is InChI=1S/C17H27N3O2/c1-13(2)12-22-16-10-18-9-15(19-16)20-8-7-17(21)6-4-3-5-14(17)11-20/h9-10,13-14,21H,3-8,11-12H2,1-2H3/t14-,17-/m0/s1. The molecule has 0 unspecified atom stereocenters. The van der Waals surface area contributed by atoms with Gasteiger partial charge in [-0.3, -0.25) is 4.98 Å². The molecule has 5 nitrogen and oxygen atoms in total. The van der Waals surface area contributed by atoms with Crippen molar-refractivity contribution in [2.24, 2.45) is 11.8 Å². The first-order valence-electron chi connectivity index (χ1n) is 8.49. The lowest BCUT2D eigenvalue weighted by Crippen LogP contribution is -2.53. The van der Waals surface area contributed by atoms with Crippen molar-refractivity contribution in [1.82, 2.24) is 9.97 Å². The molecule has 1 aliphatic heterocycles. The Kier molecular flexibility index (Phi) is 4.52. The molecule has 2 fully saturated rings. The SMILES string of the molecule is CC(C)COc1cncc(N2CC[C@@]3(O)CCCC[C@H]3C2)n1. The molecule has 2 atom stereocenters. The molecule has 1 aromatic rings. The second kappa shape index (κ2) is 6.41. The van der Waals surface area contributed by atoms with Gasteiger partial charge in [0.05, 0.1) is 24.6 Å². The van der Waals surface area contributed by atoms with Gasteiger partial charge in [0.2, 0.25) is 5.88 Å². The molecule has 1 aromatic heterocycles. The van der Waals surface area contributed by atoms with Crippen molar-refractivity contribution in [1.29, 1.82) is 0 Å². The lowest BCUT2D eigenvalue weighted by molar-refractivity contribution is -0.0613. The Morgan fingerprint density at radius 3 is 3.05 bits per heavy atom. The van der Waals surface area contributed by atoms with Crippen molar-refractivity contribution >= 4 is 5.82 Å². The van der Waals surface area contributed by atoms with E-state index in [0.717, 1.165) is 44.6 Å². The summed E-state index contributed by atoms with van der Waals surface area (Å²) in [6, 6.07) is 0. The molecule has 0 amide bonds. The minimum absolute atomic E-state index is 0.358. The van der Waals surface area contributed by atoms with E-state index >= 15 is 0 Å². The average Bonchev–Trinajstić information content (AvgIpc) is 2.52. The van der Waals surface area contributed by atoms with E-state index in [1.54, 1.807) is 12.4 Å². The van der Waals surface area contributed by atoms with E-state index in [4.69, 9.17) is 4.74 Å². The summed E-state index contributed by atoms with van der Waals surface area (Å²) in [6.45, 7) is 6.60. The maximum Gasteiger partial charge on any atom is 0.234 e. The summed E-state index contributed by atoms with van der Waals surface area (Å²) in [7, 11) is 0. The number of nitrogens with zero attached hydrogens (tertiary/aromatic N) is 3. The molecule has 1 saturated carbocycles. The third-order valence-corrected chi connectivity index (χ3v) is 4.92. The van der Waals surface area contributed by atoms with E-state index < -0.39 is 5.60 Å². The zero-order chi connectivity index (χ0) is 15.6. The average molecular weight is 305 g/mol. The fourth-order valence-corrected chi connectivity index (χ4v) is 3.59. The van der Waals surface area contributed by atoms with Crippen LogP contribution in [0.3, 0.4) is 0 Å². The van der Waals surface area contributed by atoms with Crippen molar-refractivity contribution in [2.75, 3.05) is 24.6 Å². The maximum atomic E-state index is 10.8. The molecule has 1 aliphatic carbocycles. The van der Waals surface area contributed by atoms with Gasteiger partial charge in [0.15, 0.2) is 5.82 Å². The van der Waals surface area contributed by atoms with Crippen LogP contribution in [-0.2, 0) is 0 Å². The Morgan fingerprint density at radius 2 is 2.23 bits per heavy atom. The van der Waals surface area contributed by atoms with E-state index in [1.165, 1.54) is 6.42 Å². The largest absolute Gasteiger partial charge is 0.476 e. The fourth-order valence-electron chi connectivity index (χ4n) is 3.59. The highest BCUT2D eigenvalue weighted by molar-refractivity contribution is 5.39. The summed E-state index contributed by atoms with van der Waals surface area (Å²) in [5, 5.41) is 10.8. The summed E-state index contributed by atoms with van der Waals surface area (Å²) >= 11 is 0. The lowest BCUT2D eigenvalue weighted by atomic mass is 9.71. The highest BCUT2D eigenvalue weighted by atomic mass is 16.5. The second-order valence-corrected chi connectivity index (χ2v) is 7.16. The van der Waals surface area contributed by atoms with Crippen LogP contribution in [0.4, 0.5) is 5.82 Å². The molecule has 0 aromatic carbocycles. The van der Waals surface area contributed by atoms with Crippen LogP contribution >= 0.6 is 0 Å². The molecule has 22 heavy (non-hydrogen) atoms. The predicted octanol–water partition coefficient (Wildman–Crippen LogP) is 2.64. The van der Waals surface area contributed by atoms with Crippen LogP contribution in [0.5, 0.6) is 5.88 Å². The van der Waals surface area contributed by atoms with Gasteiger partial charge in [0.25, 0.3) is 0 Å². The Bertz CT molecular complexity index is 508. The molecular formula is C17H27N3O2. The topological polar surface area (TPSA) is 58.5 Å². The van der Waals surface area contributed by atoms with Crippen LogP contribution in [-0.4, -0.2) is 40.4 Å². The Balaban J connectivity index is 1.68. The van der Waals surface area contributed by atoms with Gasteiger partial charge >= 0.3 is 0 Å². The zero-order valence-corrected chi connectivity index (χ0v) is 13.7. The first-order valence-corrected chi connectivity index (χ1v) is 8.49. The molecule has 1 N–H and O–H groups in total. The Labute approximate surface area is 132 Å². The lowest BCUT2D eigenvalue weighted by Gasteiger charge is -2.47. The maximum absolute atomic E-state index is 10.8. The minimum Gasteiger partial charge on any atom is -0.476 e. The Morgan fingerprint density at radius 1 is 1.36 bits per heavy atom. The van der Waals surface area contributed by atoms with Crippen molar-refractivity contribution in [3.8, 4) is 5.88 Å². The van der Waals surface area contributed by atoms with Crippen LogP contribution in [0.15, 0.2) is 12.4 Å². The quantitative estimate of drug-likeness (QED) is 0.926. The fraction of sp³-hybridized carbons (Fsp3) is 0.765. The number of ether oxygens (including phenoxy) is 1. The van der Waals surface area contributed by atoms with Gasteiger partial charge in [-0.2, -0.15) is 4.98 Å². The van der Waals surface area contributed by atoms with Gasteiger partial charge in [0.1, 0.15) is 0 Å². The number of aromatic nitrogens is 2. The third kappa shape index (κ3) is 3.35. The number of fused-ring (bicyclic) bond motifs is 1. The first-order chi connectivity index (χ1) is 10.6. The summed E-state index contributed by atoms with van der Waals surface area (Å²) in [6.07, 6.45) is 8.76. The van der Waals surface area contributed by atoms with E-state index in [1.807, 2.05) is 0 Å². The van der Waals surface area contributed by atoms with Crippen LogP contribution in [0, 0.1) is 11.8 Å². The molecule has 0 bridgehead atoms. The van der Waals surface area contributed by atoms with Crippen molar-refractivity contribution < 1.29 is 9.84 Å². The highest BCUT2D eigenvalue weighted by Crippen LogP contribution is 2.40. The first kappa shape index (κ1) is 15.5. The van der Waals surface area contributed by atoms with Gasteiger partial charge in [-0.25, -0.2) is 0 Å². The predicted molar refractivity (Wildman–Crippen MR) is 86.1 cm³/mol. The summed E-state index contributed by atoms with van der Waals surface area (Å²) in [5.41, 5.74) is -0.450. The van der Waals surface area contributed by atoms with Gasteiger partial charge in [-0.1, -0.05) is 26.7 Å². The molecule has 0 radical (unpaired) electrons. The van der Waals surface area contributed by atoms with Crippen LogP contribution in [0.1, 0.15) is 46.0 Å². The number of hydrogen-bond acceptors (Lipinski definition) is 5. The van der Waals surface area contributed by atoms with Gasteiger partial charge < -0.3 is 14.7 Å². The van der Waals surface area contributed by atoms with Crippen molar-refractivity contribution in [2.45, 2.75) is 51.6 Å². The molecule has 3 rings (SSSR count). The number of aliphatic hydroxyl groups is 1. The number of piperidine rings is 1. The number of hydrogen-bond donors (Lipinski definition) is 1. The van der Waals surface area contributed by atoms with Crippen molar-refractivity contribution in [3.63, 3.8) is 0 Å². The zero-order valence-electron chi connectivity index (χ0n) is 13.7. The van der Waals surface area contributed by atoms with Gasteiger partial charge in [0, 0.05) is 19.0 Å². The van der Waals surface area contributed by atoms with Crippen LogP contribution in [0.25, 0.3) is 0 Å². The monoisotopic (exact) mass is 305 g/mol. The summed E-state index contributed by atoms with van der Waals surface area (Å²) in [5.74, 6) is 2.29. The highest BCUT2D eigenvalue weighted by Gasteiger charge is 2.43. The third-order valence-electron chi connectivity index (χ3n) is 4.92. The molecule has 1 saturated heterocycles. The minimum atomic E-state index is -0.450.